The topological polar surface area (TPSA) is 46.2 Å². The van der Waals surface area contributed by atoms with Crippen LogP contribution in [0.2, 0.25) is 5.02 Å². The van der Waals surface area contributed by atoms with Gasteiger partial charge in [-0.05, 0) is 41.1 Å². The molecule has 0 heterocycles. The van der Waals surface area contributed by atoms with Crippen LogP contribution in [0, 0.1) is 3.57 Å². The lowest BCUT2D eigenvalue weighted by Crippen LogP contribution is -2.09. The van der Waals surface area contributed by atoms with Crippen molar-refractivity contribution in [2.45, 2.75) is 19.4 Å². The van der Waals surface area contributed by atoms with E-state index in [4.69, 9.17) is 17.3 Å². The first-order valence-electron chi connectivity index (χ1n) is 3.99. The Morgan fingerprint density at radius 1 is 1.62 bits per heavy atom. The van der Waals surface area contributed by atoms with Crippen molar-refractivity contribution in [1.29, 1.82) is 0 Å². The SMILES string of the molecule is CCC(N)c1cc(Cl)cc(I)c1O. The number of aromatic hydroxyl groups is 1. The average Bonchev–Trinajstić information content (AvgIpc) is 2.10. The lowest BCUT2D eigenvalue weighted by Gasteiger charge is -2.12. The summed E-state index contributed by atoms with van der Waals surface area (Å²) in [5, 5.41) is 10.3. The molecule has 1 aromatic rings. The van der Waals surface area contributed by atoms with Gasteiger partial charge in [-0.15, -0.1) is 0 Å². The van der Waals surface area contributed by atoms with E-state index in [1.54, 1.807) is 12.1 Å². The summed E-state index contributed by atoms with van der Waals surface area (Å²) in [6.45, 7) is 1.97. The van der Waals surface area contributed by atoms with Crippen LogP contribution in [-0.4, -0.2) is 5.11 Å². The maximum Gasteiger partial charge on any atom is 0.133 e. The third-order valence-electron chi connectivity index (χ3n) is 1.90. The highest BCUT2D eigenvalue weighted by Gasteiger charge is 2.12. The van der Waals surface area contributed by atoms with Gasteiger partial charge in [-0.25, -0.2) is 0 Å². The van der Waals surface area contributed by atoms with Gasteiger partial charge in [-0.1, -0.05) is 18.5 Å². The Morgan fingerprint density at radius 3 is 2.77 bits per heavy atom. The number of rotatable bonds is 2. The predicted molar refractivity (Wildman–Crippen MR) is 63.1 cm³/mol. The maximum absolute atomic E-state index is 9.68. The van der Waals surface area contributed by atoms with Crippen molar-refractivity contribution in [3.8, 4) is 5.75 Å². The van der Waals surface area contributed by atoms with Crippen LogP contribution in [0.25, 0.3) is 0 Å². The molecule has 0 amide bonds. The summed E-state index contributed by atoms with van der Waals surface area (Å²) in [5.41, 5.74) is 6.53. The van der Waals surface area contributed by atoms with E-state index in [-0.39, 0.29) is 11.8 Å². The first-order valence-corrected chi connectivity index (χ1v) is 5.45. The molecule has 0 saturated carbocycles. The van der Waals surface area contributed by atoms with Gasteiger partial charge < -0.3 is 10.8 Å². The minimum Gasteiger partial charge on any atom is -0.506 e. The standard InChI is InChI=1S/C9H11ClINO/c1-2-8(12)6-3-5(10)4-7(11)9(6)13/h3-4,8,13H,2,12H2,1H3. The van der Waals surface area contributed by atoms with Crippen molar-refractivity contribution < 1.29 is 5.11 Å². The van der Waals surface area contributed by atoms with Crippen molar-refractivity contribution in [2.24, 2.45) is 5.73 Å². The Labute approximate surface area is 96.2 Å². The fraction of sp³-hybridized carbons (Fsp3) is 0.333. The summed E-state index contributed by atoms with van der Waals surface area (Å²) in [7, 11) is 0. The van der Waals surface area contributed by atoms with Gasteiger partial charge in [0.25, 0.3) is 0 Å². The number of hydrogen-bond donors (Lipinski definition) is 2. The summed E-state index contributed by atoms with van der Waals surface area (Å²) in [4.78, 5) is 0. The van der Waals surface area contributed by atoms with Crippen LogP contribution in [-0.2, 0) is 0 Å². The Balaban J connectivity index is 3.20. The van der Waals surface area contributed by atoms with Gasteiger partial charge in [-0.2, -0.15) is 0 Å². The summed E-state index contributed by atoms with van der Waals surface area (Å²) in [6, 6.07) is 3.28. The minimum atomic E-state index is -0.146. The molecule has 0 radical (unpaired) electrons. The van der Waals surface area contributed by atoms with E-state index < -0.39 is 0 Å². The van der Waals surface area contributed by atoms with Gasteiger partial charge in [0.2, 0.25) is 0 Å². The quantitative estimate of drug-likeness (QED) is 0.825. The number of phenols is 1. The molecule has 0 spiro atoms. The van der Waals surface area contributed by atoms with Gasteiger partial charge in [-0.3, -0.25) is 0 Å². The fourth-order valence-electron chi connectivity index (χ4n) is 1.09. The van der Waals surface area contributed by atoms with Crippen molar-refractivity contribution in [1.82, 2.24) is 0 Å². The first-order chi connectivity index (χ1) is 6.06. The van der Waals surface area contributed by atoms with Crippen LogP contribution in [0.5, 0.6) is 5.75 Å². The zero-order chi connectivity index (χ0) is 10.0. The van der Waals surface area contributed by atoms with E-state index in [0.717, 1.165) is 15.6 Å². The largest absolute Gasteiger partial charge is 0.506 e. The highest BCUT2D eigenvalue weighted by atomic mass is 127. The highest BCUT2D eigenvalue weighted by Crippen LogP contribution is 2.32. The Kier molecular flexibility index (Phi) is 3.82. The van der Waals surface area contributed by atoms with E-state index in [0.29, 0.717) is 5.02 Å². The van der Waals surface area contributed by atoms with Gasteiger partial charge >= 0.3 is 0 Å². The minimum absolute atomic E-state index is 0.146. The zero-order valence-corrected chi connectivity index (χ0v) is 10.1. The van der Waals surface area contributed by atoms with Gasteiger partial charge in [0.05, 0.1) is 3.57 Å². The van der Waals surface area contributed by atoms with Crippen LogP contribution in [0.3, 0.4) is 0 Å². The molecule has 0 aliphatic rings. The second kappa shape index (κ2) is 4.48. The summed E-state index contributed by atoms with van der Waals surface area (Å²) >= 11 is 7.89. The zero-order valence-electron chi connectivity index (χ0n) is 7.22. The summed E-state index contributed by atoms with van der Waals surface area (Å²) < 4.78 is 0.740. The Bertz CT molecular complexity index is 317. The fourth-order valence-corrected chi connectivity index (χ4v) is 2.15. The van der Waals surface area contributed by atoms with Crippen molar-refractivity contribution >= 4 is 34.2 Å². The van der Waals surface area contributed by atoms with E-state index in [9.17, 15) is 5.11 Å². The maximum atomic E-state index is 9.68. The van der Waals surface area contributed by atoms with E-state index in [2.05, 4.69) is 0 Å². The number of halogens is 2. The predicted octanol–water partition coefficient (Wildman–Crippen LogP) is 3.06. The molecule has 0 bridgehead atoms. The molecule has 4 heteroatoms. The van der Waals surface area contributed by atoms with Crippen LogP contribution in [0.15, 0.2) is 12.1 Å². The molecule has 0 aromatic heterocycles. The molecule has 0 aliphatic carbocycles. The molecule has 72 valence electrons. The Hall–Kier alpha value is -0.000000000000000111. The number of hydrogen-bond acceptors (Lipinski definition) is 2. The molecule has 3 N–H and O–H groups in total. The number of phenolic OH excluding ortho intramolecular Hbond substituents is 1. The molecule has 2 nitrogen and oxygen atoms in total. The molecule has 0 aliphatic heterocycles. The normalized spacial score (nSPS) is 12.9. The van der Waals surface area contributed by atoms with Crippen molar-refractivity contribution in [3.63, 3.8) is 0 Å². The van der Waals surface area contributed by atoms with Gasteiger partial charge in [0, 0.05) is 16.6 Å². The second-order valence-electron chi connectivity index (χ2n) is 2.84. The van der Waals surface area contributed by atoms with E-state index >= 15 is 0 Å². The van der Waals surface area contributed by atoms with Crippen molar-refractivity contribution in [2.75, 3.05) is 0 Å². The smallest absolute Gasteiger partial charge is 0.133 e. The van der Waals surface area contributed by atoms with Gasteiger partial charge in [0.15, 0.2) is 0 Å². The molecular formula is C9H11ClINO. The molecule has 13 heavy (non-hydrogen) atoms. The highest BCUT2D eigenvalue weighted by molar-refractivity contribution is 14.1. The molecule has 0 saturated heterocycles. The van der Waals surface area contributed by atoms with Crippen LogP contribution in [0.4, 0.5) is 0 Å². The average molecular weight is 312 g/mol. The molecule has 1 atom stereocenters. The van der Waals surface area contributed by atoms with E-state index in [1.165, 1.54) is 0 Å². The van der Waals surface area contributed by atoms with E-state index in [1.807, 2.05) is 29.5 Å². The lowest BCUT2D eigenvalue weighted by molar-refractivity contribution is 0.456. The monoisotopic (exact) mass is 311 g/mol. The number of nitrogens with two attached hydrogens (primary N) is 1. The third kappa shape index (κ3) is 2.48. The molecule has 1 unspecified atom stereocenters. The second-order valence-corrected chi connectivity index (χ2v) is 4.44. The van der Waals surface area contributed by atoms with Crippen LogP contribution < -0.4 is 5.73 Å². The summed E-state index contributed by atoms with van der Waals surface area (Å²) in [5.74, 6) is 0.249. The van der Waals surface area contributed by atoms with Crippen LogP contribution in [0.1, 0.15) is 24.9 Å². The molecular weight excluding hydrogens is 300 g/mol. The lowest BCUT2D eigenvalue weighted by atomic mass is 10.0. The molecule has 1 aromatic carbocycles. The van der Waals surface area contributed by atoms with Crippen molar-refractivity contribution in [3.05, 3.63) is 26.3 Å². The molecule has 1 rings (SSSR count). The first kappa shape index (κ1) is 11.1. The van der Waals surface area contributed by atoms with Gasteiger partial charge in [0.1, 0.15) is 5.75 Å². The summed E-state index contributed by atoms with van der Waals surface area (Å²) in [6.07, 6.45) is 0.782. The van der Waals surface area contributed by atoms with Crippen LogP contribution >= 0.6 is 34.2 Å². The number of benzene rings is 1. The molecule has 0 fully saturated rings. The third-order valence-corrected chi connectivity index (χ3v) is 2.94. The Morgan fingerprint density at radius 2 is 2.23 bits per heavy atom.